The zero-order chi connectivity index (χ0) is 23.4. The second-order valence-corrected chi connectivity index (χ2v) is 10.6. The summed E-state index contributed by atoms with van der Waals surface area (Å²) in [5.74, 6) is -1.72. The number of rotatable bonds is 4. The molecule has 5 rings (SSSR count). The first-order valence-corrected chi connectivity index (χ1v) is 12.2. The van der Waals surface area contributed by atoms with Crippen molar-refractivity contribution < 1.29 is 14.7 Å². The number of thiazole rings is 2. The van der Waals surface area contributed by atoms with Gasteiger partial charge in [0.25, 0.3) is 5.91 Å². The number of carbonyl (C=O) groups excluding carboxylic acids is 2. The normalized spacial score (nSPS) is 16.3. The number of carbonyl (C=O) groups is 2. The van der Waals surface area contributed by atoms with Crippen molar-refractivity contribution in [1.29, 1.82) is 0 Å². The van der Waals surface area contributed by atoms with Gasteiger partial charge in [-0.05, 0) is 49.7 Å². The zero-order valence-electron chi connectivity index (χ0n) is 17.3. The third kappa shape index (κ3) is 3.73. The largest absolute Gasteiger partial charge is 0.503 e. The van der Waals surface area contributed by atoms with Crippen molar-refractivity contribution in [3.8, 4) is 0 Å². The summed E-state index contributed by atoms with van der Waals surface area (Å²) in [4.78, 5) is 37.5. The first-order chi connectivity index (χ1) is 15.7. The van der Waals surface area contributed by atoms with Gasteiger partial charge in [-0.25, -0.2) is 9.97 Å². The van der Waals surface area contributed by atoms with Crippen molar-refractivity contribution in [2.24, 2.45) is 0 Å². The maximum atomic E-state index is 13.6. The number of anilines is 1. The summed E-state index contributed by atoms with van der Waals surface area (Å²) in [7, 11) is 0. The molecule has 2 aromatic carbocycles. The highest BCUT2D eigenvalue weighted by Crippen LogP contribution is 2.45. The quantitative estimate of drug-likeness (QED) is 0.315. The Bertz CT molecular complexity index is 1470. The Kier molecular flexibility index (Phi) is 5.49. The fraction of sp³-hybridized carbons (Fsp3) is 0.130. The molecule has 6 nitrogen and oxygen atoms in total. The molecule has 1 aliphatic rings. The summed E-state index contributed by atoms with van der Waals surface area (Å²) in [5, 5.41) is 13.0. The maximum absolute atomic E-state index is 13.6. The van der Waals surface area contributed by atoms with Gasteiger partial charge in [0.05, 0.1) is 37.4 Å². The SMILES string of the molecule is Cc1nc(C)c(C(=O)C2=C(O)C(=O)N(c3nc4ccc(Cl)cc4s3)C2c2ccc(Cl)cc2)s1. The first-order valence-electron chi connectivity index (χ1n) is 9.81. The van der Waals surface area contributed by atoms with Crippen LogP contribution in [-0.4, -0.2) is 26.8 Å². The van der Waals surface area contributed by atoms with E-state index in [9.17, 15) is 14.7 Å². The van der Waals surface area contributed by atoms with E-state index in [1.165, 1.54) is 27.6 Å². The number of aryl methyl sites for hydroxylation is 2. The number of aliphatic hydroxyl groups excluding tert-OH is 1. The van der Waals surface area contributed by atoms with Gasteiger partial charge < -0.3 is 5.11 Å². The van der Waals surface area contributed by atoms with Gasteiger partial charge in [0, 0.05) is 10.0 Å². The van der Waals surface area contributed by atoms with Gasteiger partial charge in [0.2, 0.25) is 5.78 Å². The molecular formula is C23H15Cl2N3O3S2. The summed E-state index contributed by atoms with van der Waals surface area (Å²) >= 11 is 14.7. The lowest BCUT2D eigenvalue weighted by Crippen LogP contribution is -2.30. The minimum Gasteiger partial charge on any atom is -0.503 e. The molecular weight excluding hydrogens is 501 g/mol. The predicted molar refractivity (Wildman–Crippen MR) is 132 cm³/mol. The average Bonchev–Trinajstić information content (AvgIpc) is 3.41. The maximum Gasteiger partial charge on any atom is 0.296 e. The number of benzene rings is 2. The van der Waals surface area contributed by atoms with Gasteiger partial charge in [0.1, 0.15) is 0 Å². The Balaban J connectivity index is 1.69. The molecule has 0 fully saturated rings. The third-order valence-electron chi connectivity index (χ3n) is 5.29. The van der Waals surface area contributed by atoms with Crippen LogP contribution in [-0.2, 0) is 4.79 Å². The Morgan fingerprint density at radius 1 is 1.03 bits per heavy atom. The number of hydrogen-bond donors (Lipinski definition) is 1. The van der Waals surface area contributed by atoms with Crippen LogP contribution in [0.3, 0.4) is 0 Å². The van der Waals surface area contributed by atoms with Crippen LogP contribution in [0, 0.1) is 13.8 Å². The van der Waals surface area contributed by atoms with E-state index in [0.29, 0.717) is 36.8 Å². The van der Waals surface area contributed by atoms with E-state index in [2.05, 4.69) is 9.97 Å². The first kappa shape index (κ1) is 22.0. The molecule has 2 aromatic heterocycles. The Labute approximate surface area is 206 Å². The van der Waals surface area contributed by atoms with Crippen molar-refractivity contribution in [2.75, 3.05) is 4.90 Å². The van der Waals surface area contributed by atoms with E-state index in [4.69, 9.17) is 23.2 Å². The minimum absolute atomic E-state index is 0.00800. The van der Waals surface area contributed by atoms with Gasteiger partial charge in [-0.1, -0.05) is 46.7 Å². The number of hydrogen-bond acceptors (Lipinski definition) is 7. The average molecular weight is 516 g/mol. The number of ketones is 1. The molecule has 1 aliphatic heterocycles. The highest BCUT2D eigenvalue weighted by Gasteiger charge is 2.46. The van der Waals surface area contributed by atoms with Crippen molar-refractivity contribution in [1.82, 2.24) is 9.97 Å². The number of amides is 1. The molecule has 1 atom stereocenters. The second kappa shape index (κ2) is 8.22. The smallest absolute Gasteiger partial charge is 0.296 e. The Hall–Kier alpha value is -2.78. The summed E-state index contributed by atoms with van der Waals surface area (Å²) < 4.78 is 0.786. The monoisotopic (exact) mass is 515 g/mol. The van der Waals surface area contributed by atoms with Gasteiger partial charge >= 0.3 is 0 Å². The van der Waals surface area contributed by atoms with E-state index < -0.39 is 23.5 Å². The number of aromatic nitrogens is 2. The van der Waals surface area contributed by atoms with Crippen molar-refractivity contribution >= 4 is 72.9 Å². The highest BCUT2D eigenvalue weighted by molar-refractivity contribution is 7.22. The molecule has 1 unspecified atom stereocenters. The van der Waals surface area contributed by atoms with Crippen LogP contribution in [0.2, 0.25) is 10.0 Å². The van der Waals surface area contributed by atoms with Crippen molar-refractivity contribution in [3.63, 3.8) is 0 Å². The highest BCUT2D eigenvalue weighted by atomic mass is 35.5. The molecule has 0 radical (unpaired) electrons. The van der Waals surface area contributed by atoms with Crippen LogP contribution < -0.4 is 4.90 Å². The van der Waals surface area contributed by atoms with Crippen LogP contribution in [0.5, 0.6) is 0 Å². The standard InChI is InChI=1S/C23H15Cl2N3O3S2/c1-10-21(32-11(2)26-10)19(29)17-18(12-3-5-13(24)6-4-12)28(22(31)20(17)30)23-27-15-8-7-14(25)9-16(15)33-23/h3-9,18,30H,1-2H3. The molecule has 0 saturated carbocycles. The molecule has 33 heavy (non-hydrogen) atoms. The van der Waals surface area contributed by atoms with Crippen LogP contribution in [0.25, 0.3) is 10.2 Å². The number of fused-ring (bicyclic) bond motifs is 1. The number of aliphatic hydroxyl groups is 1. The van der Waals surface area contributed by atoms with Crippen LogP contribution in [0.15, 0.2) is 53.8 Å². The van der Waals surface area contributed by atoms with E-state index >= 15 is 0 Å². The molecule has 4 aromatic rings. The molecule has 10 heteroatoms. The molecule has 0 saturated heterocycles. The van der Waals surface area contributed by atoms with Gasteiger partial charge in [-0.2, -0.15) is 0 Å². The minimum atomic E-state index is -0.875. The molecule has 0 bridgehead atoms. The van der Waals surface area contributed by atoms with Gasteiger partial charge in [-0.15, -0.1) is 11.3 Å². The summed E-state index contributed by atoms with van der Waals surface area (Å²) in [6.45, 7) is 3.54. The summed E-state index contributed by atoms with van der Waals surface area (Å²) in [6.07, 6.45) is 0. The lowest BCUT2D eigenvalue weighted by Gasteiger charge is -2.24. The fourth-order valence-electron chi connectivity index (χ4n) is 3.85. The Morgan fingerprint density at radius 3 is 2.39 bits per heavy atom. The summed E-state index contributed by atoms with van der Waals surface area (Å²) in [6, 6.07) is 11.2. The lowest BCUT2D eigenvalue weighted by molar-refractivity contribution is -0.117. The number of halogens is 2. The van der Waals surface area contributed by atoms with Crippen molar-refractivity contribution in [3.05, 3.63) is 85.0 Å². The summed E-state index contributed by atoms with van der Waals surface area (Å²) in [5.41, 5.74) is 1.83. The molecule has 0 spiro atoms. The second-order valence-electron chi connectivity index (χ2n) is 7.48. The molecule has 1 amide bonds. The number of nitrogens with zero attached hydrogens (tertiary/aromatic N) is 3. The lowest BCUT2D eigenvalue weighted by atomic mass is 9.95. The van der Waals surface area contributed by atoms with Crippen LogP contribution in [0.1, 0.15) is 32.0 Å². The zero-order valence-corrected chi connectivity index (χ0v) is 20.4. The van der Waals surface area contributed by atoms with E-state index in [1.807, 2.05) is 0 Å². The van der Waals surface area contributed by atoms with Crippen LogP contribution in [0.4, 0.5) is 5.13 Å². The molecule has 0 aliphatic carbocycles. The van der Waals surface area contributed by atoms with E-state index in [0.717, 1.165) is 9.71 Å². The predicted octanol–water partition coefficient (Wildman–Crippen LogP) is 6.46. The topological polar surface area (TPSA) is 83.4 Å². The van der Waals surface area contributed by atoms with E-state index in [1.54, 1.807) is 56.3 Å². The number of Topliss-reactive ketones (excluding diaryl/α,β-unsaturated/α-hetero) is 1. The van der Waals surface area contributed by atoms with Gasteiger partial charge in [-0.3, -0.25) is 14.5 Å². The van der Waals surface area contributed by atoms with Crippen LogP contribution >= 0.6 is 45.9 Å². The van der Waals surface area contributed by atoms with Crippen molar-refractivity contribution in [2.45, 2.75) is 19.9 Å². The molecule has 1 N–H and O–H groups in total. The molecule has 166 valence electrons. The van der Waals surface area contributed by atoms with E-state index in [-0.39, 0.29) is 5.57 Å². The van der Waals surface area contributed by atoms with Gasteiger partial charge in [0.15, 0.2) is 10.9 Å². The Morgan fingerprint density at radius 2 is 1.73 bits per heavy atom. The fourth-order valence-corrected chi connectivity index (χ4v) is 6.12. The third-order valence-corrected chi connectivity index (χ3v) is 7.87. The molecule has 3 heterocycles.